The average molecular weight is 234 g/mol. The topological polar surface area (TPSA) is 49.4 Å². The number of hydrogen-bond donors (Lipinski definition) is 1. The van der Waals surface area contributed by atoms with E-state index >= 15 is 0 Å². The summed E-state index contributed by atoms with van der Waals surface area (Å²) in [5.74, 6) is -0.411. The van der Waals surface area contributed by atoms with Crippen LogP contribution in [0.25, 0.3) is 0 Å². The highest BCUT2D eigenvalue weighted by atomic mass is 32.2. The number of hydrogen-bond acceptors (Lipinski definition) is 4. The maximum atomic E-state index is 12.0. The smallest absolute Gasteiger partial charge is 0.253 e. The van der Waals surface area contributed by atoms with E-state index in [1.807, 2.05) is 35.6 Å². The van der Waals surface area contributed by atoms with Crippen LogP contribution < -0.4 is 5.32 Å². The SMILES string of the molecule is CN1Sc2ccccc2C12CC(=O)NC2=O. The van der Waals surface area contributed by atoms with Crippen LogP contribution in [0, 0.1) is 0 Å². The van der Waals surface area contributed by atoms with Crippen LogP contribution in [-0.4, -0.2) is 23.2 Å². The molecule has 1 N–H and O–H groups in total. The van der Waals surface area contributed by atoms with E-state index in [2.05, 4.69) is 5.32 Å². The van der Waals surface area contributed by atoms with Gasteiger partial charge < -0.3 is 0 Å². The second-order valence-electron chi connectivity index (χ2n) is 4.00. The van der Waals surface area contributed by atoms with Crippen molar-refractivity contribution in [3.63, 3.8) is 0 Å². The molecule has 0 aromatic heterocycles. The summed E-state index contributed by atoms with van der Waals surface area (Å²) >= 11 is 1.51. The van der Waals surface area contributed by atoms with Gasteiger partial charge in [0, 0.05) is 4.90 Å². The fraction of sp³-hybridized carbons (Fsp3) is 0.273. The predicted molar refractivity (Wildman–Crippen MR) is 59.5 cm³/mol. The molecule has 1 spiro atoms. The summed E-state index contributed by atoms with van der Waals surface area (Å²) in [4.78, 5) is 24.4. The Morgan fingerprint density at radius 3 is 2.81 bits per heavy atom. The molecule has 2 aliphatic heterocycles. The second-order valence-corrected chi connectivity index (χ2v) is 5.17. The van der Waals surface area contributed by atoms with Crippen molar-refractivity contribution in [1.82, 2.24) is 9.62 Å². The van der Waals surface area contributed by atoms with Gasteiger partial charge in [-0.2, -0.15) is 0 Å². The molecular formula is C11H10N2O2S. The highest BCUT2D eigenvalue weighted by Gasteiger charge is 2.55. The monoisotopic (exact) mass is 234 g/mol. The Balaban J connectivity index is 2.21. The van der Waals surface area contributed by atoms with Gasteiger partial charge in [-0.15, -0.1) is 0 Å². The first kappa shape index (κ1) is 9.86. The van der Waals surface area contributed by atoms with Gasteiger partial charge in [-0.1, -0.05) is 18.2 Å². The first-order valence-corrected chi connectivity index (χ1v) is 5.77. The standard InChI is InChI=1S/C11H10N2O2S/c1-13-11(6-9(14)12-10(11)15)7-4-2-3-5-8(7)16-13/h2-5H,6H2,1H3,(H,12,14,15). The fourth-order valence-corrected chi connectivity index (χ4v) is 3.51. The number of nitrogens with zero attached hydrogens (tertiary/aromatic N) is 1. The van der Waals surface area contributed by atoms with E-state index < -0.39 is 5.54 Å². The number of amides is 2. The molecule has 0 aliphatic carbocycles. The fourth-order valence-electron chi connectivity index (χ4n) is 2.34. The maximum Gasteiger partial charge on any atom is 0.253 e. The van der Waals surface area contributed by atoms with Crippen molar-refractivity contribution in [3.05, 3.63) is 29.8 Å². The van der Waals surface area contributed by atoms with E-state index in [9.17, 15) is 9.59 Å². The Labute approximate surface area is 97.1 Å². The Kier molecular flexibility index (Phi) is 1.90. The van der Waals surface area contributed by atoms with Crippen molar-refractivity contribution < 1.29 is 9.59 Å². The van der Waals surface area contributed by atoms with Crippen LogP contribution in [-0.2, 0) is 15.1 Å². The number of likely N-dealkylation sites (N-methyl/N-ethyl adjacent to an activating group) is 1. The zero-order chi connectivity index (χ0) is 11.3. The third-order valence-corrected chi connectivity index (χ3v) is 4.29. The molecule has 4 nitrogen and oxygen atoms in total. The van der Waals surface area contributed by atoms with Crippen LogP contribution in [0.5, 0.6) is 0 Å². The lowest BCUT2D eigenvalue weighted by Gasteiger charge is -2.27. The number of imide groups is 1. The molecule has 1 saturated heterocycles. The number of rotatable bonds is 0. The predicted octanol–water partition coefficient (Wildman–Crippen LogP) is 0.881. The Morgan fingerprint density at radius 2 is 2.12 bits per heavy atom. The van der Waals surface area contributed by atoms with Crippen LogP contribution in [0.1, 0.15) is 12.0 Å². The van der Waals surface area contributed by atoms with E-state index in [-0.39, 0.29) is 18.2 Å². The summed E-state index contributed by atoms with van der Waals surface area (Å²) in [6.07, 6.45) is 0.215. The highest BCUT2D eigenvalue weighted by molar-refractivity contribution is 7.97. The lowest BCUT2D eigenvalue weighted by Crippen LogP contribution is -2.43. The van der Waals surface area contributed by atoms with Crippen LogP contribution >= 0.6 is 11.9 Å². The lowest BCUT2D eigenvalue weighted by molar-refractivity contribution is -0.128. The van der Waals surface area contributed by atoms with Crippen molar-refractivity contribution in [2.24, 2.45) is 0 Å². The molecule has 2 aliphatic rings. The van der Waals surface area contributed by atoms with Crippen LogP contribution in [0.3, 0.4) is 0 Å². The molecule has 1 fully saturated rings. The molecule has 1 aromatic rings. The Hall–Kier alpha value is -1.33. The van der Waals surface area contributed by atoms with Gasteiger partial charge in [-0.25, -0.2) is 4.31 Å². The molecule has 0 radical (unpaired) electrons. The molecule has 5 heteroatoms. The summed E-state index contributed by atoms with van der Waals surface area (Å²) in [6.45, 7) is 0. The Bertz CT molecular complexity index is 503. The van der Waals surface area contributed by atoms with Crippen LogP contribution in [0.2, 0.25) is 0 Å². The number of nitrogens with one attached hydrogen (secondary N) is 1. The van der Waals surface area contributed by atoms with Gasteiger partial charge >= 0.3 is 0 Å². The van der Waals surface area contributed by atoms with E-state index in [1.54, 1.807) is 0 Å². The first-order valence-electron chi connectivity index (χ1n) is 5.00. The molecule has 1 aromatic carbocycles. The number of carbonyl (C=O) groups is 2. The third-order valence-electron chi connectivity index (χ3n) is 3.15. The molecule has 2 heterocycles. The molecule has 1 atom stereocenters. The van der Waals surface area contributed by atoms with Crippen molar-refractivity contribution in [2.75, 3.05) is 7.05 Å². The quantitative estimate of drug-likeness (QED) is 0.535. The zero-order valence-electron chi connectivity index (χ0n) is 8.69. The van der Waals surface area contributed by atoms with E-state index in [0.29, 0.717) is 0 Å². The van der Waals surface area contributed by atoms with Crippen LogP contribution in [0.15, 0.2) is 29.2 Å². The van der Waals surface area contributed by atoms with E-state index in [0.717, 1.165) is 10.5 Å². The summed E-state index contributed by atoms with van der Waals surface area (Å²) < 4.78 is 1.87. The molecule has 16 heavy (non-hydrogen) atoms. The van der Waals surface area contributed by atoms with Gasteiger partial charge in [0.2, 0.25) is 5.91 Å². The van der Waals surface area contributed by atoms with Gasteiger partial charge in [-0.3, -0.25) is 14.9 Å². The average Bonchev–Trinajstić information content (AvgIpc) is 2.69. The lowest BCUT2D eigenvalue weighted by atomic mass is 9.88. The van der Waals surface area contributed by atoms with Gasteiger partial charge in [0.25, 0.3) is 5.91 Å². The molecule has 3 rings (SSSR count). The maximum absolute atomic E-state index is 12.0. The summed E-state index contributed by atoms with van der Waals surface area (Å²) in [5, 5.41) is 2.39. The van der Waals surface area contributed by atoms with Crippen molar-refractivity contribution in [1.29, 1.82) is 0 Å². The third kappa shape index (κ3) is 1.04. The molecule has 82 valence electrons. The zero-order valence-corrected chi connectivity index (χ0v) is 9.50. The molecule has 0 saturated carbocycles. The second kappa shape index (κ2) is 3.09. The molecule has 1 unspecified atom stereocenters. The van der Waals surface area contributed by atoms with E-state index in [1.165, 1.54) is 11.9 Å². The van der Waals surface area contributed by atoms with Crippen molar-refractivity contribution >= 4 is 23.8 Å². The van der Waals surface area contributed by atoms with Gasteiger partial charge in [-0.05, 0) is 30.6 Å². The van der Waals surface area contributed by atoms with Crippen molar-refractivity contribution in [3.8, 4) is 0 Å². The largest absolute Gasteiger partial charge is 0.294 e. The number of carbonyl (C=O) groups excluding carboxylic acids is 2. The minimum absolute atomic E-state index is 0.200. The summed E-state index contributed by atoms with van der Waals surface area (Å²) in [5.41, 5.74) is 0.143. The molecular weight excluding hydrogens is 224 g/mol. The minimum Gasteiger partial charge on any atom is -0.294 e. The van der Waals surface area contributed by atoms with E-state index in [4.69, 9.17) is 0 Å². The van der Waals surface area contributed by atoms with Crippen molar-refractivity contribution in [2.45, 2.75) is 16.9 Å². The van der Waals surface area contributed by atoms with Gasteiger partial charge in [0.15, 0.2) is 0 Å². The first-order chi connectivity index (χ1) is 7.64. The van der Waals surface area contributed by atoms with Gasteiger partial charge in [0.1, 0.15) is 5.54 Å². The number of fused-ring (bicyclic) bond motifs is 2. The van der Waals surface area contributed by atoms with Gasteiger partial charge in [0.05, 0.1) is 6.42 Å². The Morgan fingerprint density at radius 1 is 1.38 bits per heavy atom. The molecule has 0 bridgehead atoms. The van der Waals surface area contributed by atoms with Crippen LogP contribution in [0.4, 0.5) is 0 Å². The minimum atomic E-state index is -0.793. The highest BCUT2D eigenvalue weighted by Crippen LogP contribution is 2.50. The summed E-state index contributed by atoms with van der Waals surface area (Å²) in [6, 6.07) is 7.73. The number of benzene rings is 1. The summed E-state index contributed by atoms with van der Waals surface area (Å²) in [7, 11) is 1.85. The normalized spacial score (nSPS) is 28.6. The molecule has 2 amide bonds.